The predicted octanol–water partition coefficient (Wildman–Crippen LogP) is 4.48. The number of hydrogen-bond donors (Lipinski definition) is 1. The summed E-state index contributed by atoms with van der Waals surface area (Å²) >= 11 is 11.9. The zero-order chi connectivity index (χ0) is 17.7. The van der Waals surface area contributed by atoms with Gasteiger partial charge >= 0.3 is 0 Å². The summed E-state index contributed by atoms with van der Waals surface area (Å²) in [7, 11) is 0. The molecule has 6 rings (SSSR count). The van der Waals surface area contributed by atoms with E-state index in [-0.39, 0.29) is 0 Å². The molecule has 0 radical (unpaired) electrons. The van der Waals surface area contributed by atoms with Crippen molar-refractivity contribution in [1.29, 1.82) is 0 Å². The molecule has 0 unspecified atom stereocenters. The standard InChI is InChI=1S/C21H28ClN3S/c22-18-3-1-2-4-19(18)23-21(26)25-7-5-24(6-8-25)20-16-10-14-9-15(12-16)13-17(20)11-14/h1-4,14-17,20H,5-13H2,(H,23,26). The Kier molecular flexibility index (Phi) is 4.62. The second-order valence-corrected chi connectivity index (χ2v) is 9.65. The Balaban J connectivity index is 1.19. The predicted molar refractivity (Wildman–Crippen MR) is 112 cm³/mol. The summed E-state index contributed by atoms with van der Waals surface area (Å²) in [5, 5.41) is 4.87. The van der Waals surface area contributed by atoms with Gasteiger partial charge in [0.2, 0.25) is 0 Å². The number of para-hydroxylation sites is 1. The molecule has 1 aromatic carbocycles. The van der Waals surface area contributed by atoms with Gasteiger partial charge in [0.1, 0.15) is 0 Å². The summed E-state index contributed by atoms with van der Waals surface area (Å²) in [6, 6.07) is 8.67. The van der Waals surface area contributed by atoms with Crippen LogP contribution in [0.3, 0.4) is 0 Å². The van der Waals surface area contributed by atoms with E-state index in [4.69, 9.17) is 23.8 Å². The summed E-state index contributed by atoms with van der Waals surface area (Å²) in [6.45, 7) is 4.35. The number of piperazine rings is 1. The van der Waals surface area contributed by atoms with Gasteiger partial charge in [0.05, 0.1) is 10.7 Å². The Labute approximate surface area is 167 Å². The number of anilines is 1. The lowest BCUT2D eigenvalue weighted by Gasteiger charge is -2.58. The fourth-order valence-electron chi connectivity index (χ4n) is 6.47. The number of nitrogens with one attached hydrogen (secondary N) is 1. The minimum atomic E-state index is 0.724. The molecular formula is C21H28ClN3S. The van der Waals surface area contributed by atoms with Gasteiger partial charge in [-0.25, -0.2) is 0 Å². The van der Waals surface area contributed by atoms with Crippen LogP contribution in [0.25, 0.3) is 0 Å². The molecule has 0 spiro atoms. The monoisotopic (exact) mass is 389 g/mol. The lowest BCUT2D eigenvalue weighted by Crippen LogP contribution is -2.60. The van der Waals surface area contributed by atoms with E-state index in [1.165, 1.54) is 32.1 Å². The quantitative estimate of drug-likeness (QED) is 0.751. The first-order valence-electron chi connectivity index (χ1n) is 10.2. The van der Waals surface area contributed by atoms with Crippen LogP contribution in [0, 0.1) is 23.7 Å². The average Bonchev–Trinajstić information content (AvgIpc) is 2.63. The first-order valence-corrected chi connectivity index (χ1v) is 11.0. The lowest BCUT2D eigenvalue weighted by molar-refractivity contribution is -0.0726. The molecule has 4 saturated carbocycles. The molecule has 3 nitrogen and oxygen atoms in total. The van der Waals surface area contributed by atoms with Crippen LogP contribution in [0.5, 0.6) is 0 Å². The normalized spacial score (nSPS) is 36.3. The topological polar surface area (TPSA) is 18.5 Å². The summed E-state index contributed by atoms with van der Waals surface area (Å²) < 4.78 is 0. The van der Waals surface area contributed by atoms with Crippen LogP contribution >= 0.6 is 23.8 Å². The zero-order valence-electron chi connectivity index (χ0n) is 15.2. The van der Waals surface area contributed by atoms with Crippen molar-refractivity contribution in [1.82, 2.24) is 9.80 Å². The van der Waals surface area contributed by atoms with Crippen molar-refractivity contribution in [3.05, 3.63) is 29.3 Å². The fraction of sp³-hybridized carbons (Fsp3) is 0.667. The summed E-state index contributed by atoms with van der Waals surface area (Å²) in [5.74, 6) is 4.07. The number of nitrogens with zero attached hydrogens (tertiary/aromatic N) is 2. The number of halogens is 1. The molecule has 5 fully saturated rings. The fourth-order valence-corrected chi connectivity index (χ4v) is 6.95. The van der Waals surface area contributed by atoms with E-state index in [9.17, 15) is 0 Å². The highest BCUT2D eigenvalue weighted by Crippen LogP contribution is 2.55. The molecule has 4 bridgehead atoms. The Morgan fingerprint density at radius 1 is 0.923 bits per heavy atom. The first kappa shape index (κ1) is 17.3. The second-order valence-electron chi connectivity index (χ2n) is 8.85. The Morgan fingerprint density at radius 2 is 1.54 bits per heavy atom. The highest BCUT2D eigenvalue weighted by Gasteiger charge is 2.50. The van der Waals surface area contributed by atoms with Crippen LogP contribution in [0.4, 0.5) is 5.69 Å². The van der Waals surface area contributed by atoms with E-state index in [1.807, 2.05) is 24.3 Å². The maximum atomic E-state index is 6.25. The van der Waals surface area contributed by atoms with Crippen molar-refractivity contribution in [3.63, 3.8) is 0 Å². The van der Waals surface area contributed by atoms with Crippen LogP contribution in [-0.4, -0.2) is 47.1 Å². The largest absolute Gasteiger partial charge is 0.346 e. The van der Waals surface area contributed by atoms with E-state index in [1.54, 1.807) is 0 Å². The Morgan fingerprint density at radius 3 is 2.15 bits per heavy atom. The number of hydrogen-bond acceptors (Lipinski definition) is 2. The van der Waals surface area contributed by atoms with Gasteiger partial charge in [-0.2, -0.15) is 0 Å². The van der Waals surface area contributed by atoms with Crippen LogP contribution in [0.1, 0.15) is 32.1 Å². The van der Waals surface area contributed by atoms with Gasteiger partial charge in [0, 0.05) is 32.2 Å². The number of benzene rings is 1. The van der Waals surface area contributed by atoms with Gasteiger partial charge in [-0.15, -0.1) is 0 Å². The van der Waals surface area contributed by atoms with Crippen molar-refractivity contribution in [2.45, 2.75) is 38.1 Å². The van der Waals surface area contributed by atoms with Gasteiger partial charge in [0.25, 0.3) is 0 Å². The number of rotatable bonds is 2. The van der Waals surface area contributed by atoms with Gasteiger partial charge in [0.15, 0.2) is 5.11 Å². The molecule has 1 heterocycles. The summed E-state index contributed by atoms with van der Waals surface area (Å²) in [4.78, 5) is 5.12. The van der Waals surface area contributed by atoms with Crippen LogP contribution in [0.15, 0.2) is 24.3 Å². The summed E-state index contributed by atoms with van der Waals surface area (Å²) in [5.41, 5.74) is 0.905. The molecule has 26 heavy (non-hydrogen) atoms. The van der Waals surface area contributed by atoms with E-state index in [0.29, 0.717) is 0 Å². The van der Waals surface area contributed by atoms with Gasteiger partial charge < -0.3 is 10.2 Å². The molecule has 1 saturated heterocycles. The SMILES string of the molecule is S=C(Nc1ccccc1Cl)N1CCN(C2C3CC4CC(C3)CC2C4)CC1. The van der Waals surface area contributed by atoms with Crippen LogP contribution in [0.2, 0.25) is 5.02 Å². The molecular weight excluding hydrogens is 362 g/mol. The van der Waals surface area contributed by atoms with Crippen LogP contribution in [-0.2, 0) is 0 Å². The molecule has 5 aliphatic rings. The Hall–Kier alpha value is -0.840. The first-order chi connectivity index (χ1) is 12.7. The van der Waals surface area contributed by atoms with E-state index in [2.05, 4.69) is 15.1 Å². The van der Waals surface area contributed by atoms with Crippen LogP contribution < -0.4 is 5.32 Å². The molecule has 0 amide bonds. The molecule has 0 aromatic heterocycles. The summed E-state index contributed by atoms with van der Waals surface area (Å²) in [6.07, 6.45) is 7.55. The molecule has 4 aliphatic carbocycles. The van der Waals surface area contributed by atoms with Crippen molar-refractivity contribution in [2.24, 2.45) is 23.7 Å². The van der Waals surface area contributed by atoms with Gasteiger partial charge in [-0.3, -0.25) is 4.90 Å². The molecule has 0 atom stereocenters. The minimum Gasteiger partial charge on any atom is -0.346 e. The molecule has 1 aliphatic heterocycles. The van der Waals surface area contributed by atoms with Crippen molar-refractivity contribution in [2.75, 3.05) is 31.5 Å². The third-order valence-electron chi connectivity index (χ3n) is 7.32. The highest BCUT2D eigenvalue weighted by molar-refractivity contribution is 7.80. The molecule has 5 heteroatoms. The van der Waals surface area contributed by atoms with Gasteiger partial charge in [-0.1, -0.05) is 23.7 Å². The lowest BCUT2D eigenvalue weighted by atomic mass is 9.54. The second kappa shape index (κ2) is 6.96. The van der Waals surface area contributed by atoms with E-state index >= 15 is 0 Å². The average molecular weight is 390 g/mol. The highest BCUT2D eigenvalue weighted by atomic mass is 35.5. The van der Waals surface area contributed by atoms with Gasteiger partial charge in [-0.05, 0) is 80.1 Å². The van der Waals surface area contributed by atoms with Crippen molar-refractivity contribution >= 4 is 34.6 Å². The third kappa shape index (κ3) is 3.14. The molecule has 140 valence electrons. The molecule has 1 N–H and O–H groups in total. The number of thiocarbonyl (C=S) groups is 1. The third-order valence-corrected chi connectivity index (χ3v) is 8.01. The van der Waals surface area contributed by atoms with Crippen molar-refractivity contribution in [3.8, 4) is 0 Å². The Bertz CT molecular complexity index is 658. The minimum absolute atomic E-state index is 0.724. The maximum Gasteiger partial charge on any atom is 0.173 e. The molecule has 1 aromatic rings. The smallest absolute Gasteiger partial charge is 0.173 e. The zero-order valence-corrected chi connectivity index (χ0v) is 16.8. The van der Waals surface area contributed by atoms with Crippen molar-refractivity contribution < 1.29 is 0 Å². The maximum absolute atomic E-state index is 6.25. The van der Waals surface area contributed by atoms with E-state index in [0.717, 1.165) is 71.7 Å². The van der Waals surface area contributed by atoms with E-state index < -0.39 is 0 Å².